The molecule has 0 aliphatic rings. The maximum Gasteiger partial charge on any atom is 0.136 e. The van der Waals surface area contributed by atoms with E-state index in [-0.39, 0.29) is 0 Å². The summed E-state index contributed by atoms with van der Waals surface area (Å²) in [5, 5.41) is 9.82. The molecule has 2 nitrogen and oxygen atoms in total. The van der Waals surface area contributed by atoms with E-state index in [0.29, 0.717) is 0 Å². The zero-order valence-electron chi connectivity index (χ0n) is 18.3. The highest BCUT2D eigenvalue weighted by molar-refractivity contribution is 6.28. The van der Waals surface area contributed by atoms with Gasteiger partial charge in [-0.25, -0.2) is 0 Å². The van der Waals surface area contributed by atoms with Crippen LogP contribution in [0.5, 0.6) is 0 Å². The standard InChI is InChI=1S/C32H19NO/c1-2-10-22-19-28-25(18-21(22)9-1)31-27(16-17-30-32(31)24-13-5-6-15-29(24)34-30)33(28)26-14-7-11-20-8-3-4-12-23(20)26/h1-19H. The zero-order chi connectivity index (χ0) is 22.2. The van der Waals surface area contributed by atoms with E-state index in [0.717, 1.165) is 16.6 Å². The minimum Gasteiger partial charge on any atom is -0.456 e. The van der Waals surface area contributed by atoms with Crippen molar-refractivity contribution >= 4 is 65.3 Å². The van der Waals surface area contributed by atoms with Crippen LogP contribution in [0.2, 0.25) is 0 Å². The molecule has 6 aromatic carbocycles. The third kappa shape index (κ3) is 2.29. The van der Waals surface area contributed by atoms with Gasteiger partial charge in [0.2, 0.25) is 0 Å². The predicted molar refractivity (Wildman–Crippen MR) is 143 cm³/mol. The molecule has 2 aromatic heterocycles. The van der Waals surface area contributed by atoms with Crippen LogP contribution in [0.3, 0.4) is 0 Å². The Kier molecular flexibility index (Phi) is 3.42. The minimum absolute atomic E-state index is 0.928. The third-order valence-corrected chi connectivity index (χ3v) is 7.14. The van der Waals surface area contributed by atoms with Crippen LogP contribution >= 0.6 is 0 Å². The Balaban J connectivity index is 1.67. The van der Waals surface area contributed by atoms with Gasteiger partial charge in [-0.1, -0.05) is 78.9 Å². The number of hydrogen-bond donors (Lipinski definition) is 0. The second-order valence-corrected chi connectivity index (χ2v) is 8.98. The number of hydrogen-bond acceptors (Lipinski definition) is 1. The number of aromatic nitrogens is 1. The van der Waals surface area contributed by atoms with Gasteiger partial charge in [0.15, 0.2) is 0 Å². The molecule has 0 aliphatic carbocycles. The van der Waals surface area contributed by atoms with Crippen LogP contribution in [0.1, 0.15) is 0 Å². The van der Waals surface area contributed by atoms with Gasteiger partial charge in [-0.05, 0) is 52.6 Å². The van der Waals surface area contributed by atoms with E-state index in [1.54, 1.807) is 0 Å². The third-order valence-electron chi connectivity index (χ3n) is 7.14. The van der Waals surface area contributed by atoms with Crippen LogP contribution in [-0.2, 0) is 0 Å². The molecule has 2 heteroatoms. The fourth-order valence-electron chi connectivity index (χ4n) is 5.67. The first-order valence-corrected chi connectivity index (χ1v) is 11.6. The molecule has 0 aliphatic heterocycles. The molecular formula is C32H19NO. The lowest BCUT2D eigenvalue weighted by molar-refractivity contribution is 0.669. The summed E-state index contributed by atoms with van der Waals surface area (Å²) in [6.45, 7) is 0. The van der Waals surface area contributed by atoms with Gasteiger partial charge < -0.3 is 8.98 Å². The van der Waals surface area contributed by atoms with Gasteiger partial charge in [-0.15, -0.1) is 0 Å². The van der Waals surface area contributed by atoms with Crippen molar-refractivity contribution in [2.45, 2.75) is 0 Å². The van der Waals surface area contributed by atoms with Crippen molar-refractivity contribution in [2.24, 2.45) is 0 Å². The van der Waals surface area contributed by atoms with E-state index in [4.69, 9.17) is 4.42 Å². The summed E-state index contributed by atoms with van der Waals surface area (Å²) in [6, 6.07) is 41.2. The first kappa shape index (κ1) is 17.9. The topological polar surface area (TPSA) is 18.1 Å². The quantitative estimate of drug-likeness (QED) is 0.253. The molecule has 0 unspecified atom stereocenters. The fraction of sp³-hybridized carbons (Fsp3) is 0. The number of fused-ring (bicyclic) bond motifs is 9. The zero-order valence-corrected chi connectivity index (χ0v) is 18.3. The van der Waals surface area contributed by atoms with Crippen molar-refractivity contribution in [1.29, 1.82) is 0 Å². The van der Waals surface area contributed by atoms with Crippen LogP contribution in [0, 0.1) is 0 Å². The molecule has 0 atom stereocenters. The Labute approximate surface area is 195 Å². The molecule has 0 N–H and O–H groups in total. The SMILES string of the molecule is c1ccc2cc3c(cc2c1)c1c2c(ccc1n3-c1cccc3ccccc13)oc1ccccc12. The van der Waals surface area contributed by atoms with E-state index in [2.05, 4.69) is 114 Å². The average Bonchev–Trinajstić information content (AvgIpc) is 3.42. The lowest BCUT2D eigenvalue weighted by atomic mass is 10.0. The number of rotatable bonds is 1. The summed E-state index contributed by atoms with van der Waals surface area (Å²) in [4.78, 5) is 0. The second-order valence-electron chi connectivity index (χ2n) is 8.98. The summed E-state index contributed by atoms with van der Waals surface area (Å²) in [5.41, 5.74) is 5.46. The molecule has 0 radical (unpaired) electrons. The Hall–Kier alpha value is -4.56. The summed E-state index contributed by atoms with van der Waals surface area (Å²) in [7, 11) is 0. The Morgan fingerprint density at radius 2 is 1.15 bits per heavy atom. The van der Waals surface area contributed by atoms with Crippen molar-refractivity contribution in [3.63, 3.8) is 0 Å². The maximum absolute atomic E-state index is 6.27. The maximum atomic E-state index is 6.27. The highest BCUT2D eigenvalue weighted by Gasteiger charge is 2.20. The molecule has 0 fully saturated rings. The van der Waals surface area contributed by atoms with Crippen LogP contribution in [0.25, 0.3) is 71.0 Å². The van der Waals surface area contributed by atoms with Crippen LogP contribution in [0.15, 0.2) is 120 Å². The lowest BCUT2D eigenvalue weighted by Gasteiger charge is -2.12. The first-order valence-electron chi connectivity index (χ1n) is 11.6. The Morgan fingerprint density at radius 1 is 0.441 bits per heavy atom. The predicted octanol–water partition coefficient (Wildman–Crippen LogP) is 8.99. The van der Waals surface area contributed by atoms with Crippen molar-refractivity contribution in [3.05, 3.63) is 115 Å². The molecule has 34 heavy (non-hydrogen) atoms. The number of benzene rings is 6. The monoisotopic (exact) mass is 433 g/mol. The Bertz CT molecular complexity index is 2070. The van der Waals surface area contributed by atoms with Crippen LogP contribution < -0.4 is 0 Å². The lowest BCUT2D eigenvalue weighted by Crippen LogP contribution is -1.95. The van der Waals surface area contributed by atoms with Gasteiger partial charge in [0.05, 0.1) is 16.7 Å². The molecule has 8 aromatic rings. The van der Waals surface area contributed by atoms with Crippen molar-refractivity contribution < 1.29 is 4.42 Å². The normalized spacial score (nSPS) is 12.1. The molecule has 0 saturated carbocycles. The van der Waals surface area contributed by atoms with E-state index in [1.807, 2.05) is 6.07 Å². The molecule has 0 saturated heterocycles. The van der Waals surface area contributed by atoms with E-state index >= 15 is 0 Å². The summed E-state index contributed by atoms with van der Waals surface area (Å²) >= 11 is 0. The molecule has 0 amide bonds. The largest absolute Gasteiger partial charge is 0.456 e. The molecule has 0 spiro atoms. The number of furan rings is 1. The molecule has 8 rings (SSSR count). The molecular weight excluding hydrogens is 414 g/mol. The minimum atomic E-state index is 0.928. The van der Waals surface area contributed by atoms with Gasteiger partial charge >= 0.3 is 0 Å². The highest BCUT2D eigenvalue weighted by atomic mass is 16.3. The van der Waals surface area contributed by atoms with Crippen molar-refractivity contribution in [1.82, 2.24) is 4.57 Å². The van der Waals surface area contributed by atoms with Gasteiger partial charge in [0.25, 0.3) is 0 Å². The number of nitrogens with zero attached hydrogens (tertiary/aromatic N) is 1. The first-order chi connectivity index (χ1) is 16.9. The van der Waals surface area contributed by atoms with Gasteiger partial charge in [0, 0.05) is 26.9 Å². The fourth-order valence-corrected chi connectivity index (χ4v) is 5.67. The van der Waals surface area contributed by atoms with E-state index < -0.39 is 0 Å². The van der Waals surface area contributed by atoms with E-state index in [9.17, 15) is 0 Å². The Morgan fingerprint density at radius 3 is 2.03 bits per heavy atom. The molecule has 2 heterocycles. The molecule has 158 valence electrons. The van der Waals surface area contributed by atoms with Crippen LogP contribution in [0.4, 0.5) is 0 Å². The van der Waals surface area contributed by atoms with Crippen LogP contribution in [-0.4, -0.2) is 4.57 Å². The van der Waals surface area contributed by atoms with E-state index in [1.165, 1.54) is 54.4 Å². The summed E-state index contributed by atoms with van der Waals surface area (Å²) in [5.74, 6) is 0. The van der Waals surface area contributed by atoms with Crippen molar-refractivity contribution in [3.8, 4) is 5.69 Å². The summed E-state index contributed by atoms with van der Waals surface area (Å²) < 4.78 is 8.70. The highest BCUT2D eigenvalue weighted by Crippen LogP contribution is 2.43. The average molecular weight is 434 g/mol. The second kappa shape index (κ2) is 6.49. The summed E-state index contributed by atoms with van der Waals surface area (Å²) in [6.07, 6.45) is 0. The number of para-hydroxylation sites is 1. The molecule has 0 bridgehead atoms. The van der Waals surface area contributed by atoms with Gasteiger partial charge in [-0.3, -0.25) is 0 Å². The van der Waals surface area contributed by atoms with Gasteiger partial charge in [-0.2, -0.15) is 0 Å². The van der Waals surface area contributed by atoms with Gasteiger partial charge in [0.1, 0.15) is 11.2 Å². The smallest absolute Gasteiger partial charge is 0.136 e. The van der Waals surface area contributed by atoms with Crippen molar-refractivity contribution in [2.75, 3.05) is 0 Å².